The summed E-state index contributed by atoms with van der Waals surface area (Å²) in [6, 6.07) is 6.36. The molecule has 0 radical (unpaired) electrons. The van der Waals surface area contributed by atoms with E-state index in [4.69, 9.17) is 4.74 Å². The topological polar surface area (TPSA) is 84.9 Å². The van der Waals surface area contributed by atoms with Gasteiger partial charge in [0.1, 0.15) is 5.76 Å². The SMILES string of the molecule is CCOC(=O)/C(Nc1cccc(C(=O)OC)c1)=C(\C)O. The Morgan fingerprint density at radius 2 is 2.05 bits per heavy atom. The lowest BCUT2D eigenvalue weighted by Crippen LogP contribution is -2.17. The van der Waals surface area contributed by atoms with Gasteiger partial charge in [0, 0.05) is 5.69 Å². The largest absolute Gasteiger partial charge is 0.510 e. The highest BCUT2D eigenvalue weighted by Gasteiger charge is 2.15. The van der Waals surface area contributed by atoms with Gasteiger partial charge in [0.15, 0.2) is 5.70 Å². The van der Waals surface area contributed by atoms with Crippen molar-refractivity contribution in [2.24, 2.45) is 0 Å². The number of aliphatic hydroxyl groups excluding tert-OH is 1. The minimum absolute atomic E-state index is 0.0751. The minimum Gasteiger partial charge on any atom is -0.510 e. The Bertz CT molecular complexity index is 532. The van der Waals surface area contributed by atoms with Gasteiger partial charge in [-0.3, -0.25) is 0 Å². The second-order valence-corrected chi connectivity index (χ2v) is 3.88. The maximum Gasteiger partial charge on any atom is 0.358 e. The van der Waals surface area contributed by atoms with Gasteiger partial charge < -0.3 is 19.9 Å². The lowest BCUT2D eigenvalue weighted by atomic mass is 10.2. The molecule has 1 aromatic rings. The number of aliphatic hydroxyl groups is 1. The molecular weight excluding hydrogens is 262 g/mol. The first-order valence-electron chi connectivity index (χ1n) is 6.02. The van der Waals surface area contributed by atoms with Crippen LogP contribution in [0.15, 0.2) is 35.7 Å². The molecule has 0 atom stereocenters. The molecule has 108 valence electrons. The van der Waals surface area contributed by atoms with E-state index in [0.717, 1.165) is 0 Å². The van der Waals surface area contributed by atoms with Crippen molar-refractivity contribution in [1.29, 1.82) is 0 Å². The zero-order valence-corrected chi connectivity index (χ0v) is 11.6. The van der Waals surface area contributed by atoms with E-state index < -0.39 is 11.9 Å². The van der Waals surface area contributed by atoms with E-state index >= 15 is 0 Å². The predicted octanol–water partition coefficient (Wildman–Crippen LogP) is 2.24. The molecule has 6 heteroatoms. The van der Waals surface area contributed by atoms with Crippen LogP contribution in [0.2, 0.25) is 0 Å². The number of anilines is 1. The summed E-state index contributed by atoms with van der Waals surface area (Å²) >= 11 is 0. The van der Waals surface area contributed by atoms with Crippen LogP contribution in [-0.2, 0) is 14.3 Å². The van der Waals surface area contributed by atoms with Gasteiger partial charge in [-0.05, 0) is 32.0 Å². The van der Waals surface area contributed by atoms with Gasteiger partial charge in [-0.1, -0.05) is 6.07 Å². The maximum absolute atomic E-state index is 11.7. The second kappa shape index (κ2) is 7.18. The highest BCUT2D eigenvalue weighted by Crippen LogP contribution is 2.16. The van der Waals surface area contributed by atoms with E-state index in [0.29, 0.717) is 11.3 Å². The summed E-state index contributed by atoms with van der Waals surface area (Å²) in [5.74, 6) is -1.36. The summed E-state index contributed by atoms with van der Waals surface area (Å²) < 4.78 is 9.44. The van der Waals surface area contributed by atoms with Crippen molar-refractivity contribution in [3.8, 4) is 0 Å². The smallest absolute Gasteiger partial charge is 0.358 e. The van der Waals surface area contributed by atoms with Crippen molar-refractivity contribution < 1.29 is 24.2 Å². The Kier molecular flexibility index (Phi) is 5.58. The zero-order valence-electron chi connectivity index (χ0n) is 11.6. The normalized spacial score (nSPS) is 11.3. The number of benzene rings is 1. The van der Waals surface area contributed by atoms with Crippen LogP contribution >= 0.6 is 0 Å². The molecule has 0 heterocycles. The average Bonchev–Trinajstić information content (AvgIpc) is 2.44. The Morgan fingerprint density at radius 3 is 2.60 bits per heavy atom. The molecule has 0 saturated heterocycles. The number of nitrogens with one attached hydrogen (secondary N) is 1. The monoisotopic (exact) mass is 279 g/mol. The van der Waals surface area contributed by atoms with Crippen LogP contribution in [0.25, 0.3) is 0 Å². The van der Waals surface area contributed by atoms with Crippen LogP contribution in [0.5, 0.6) is 0 Å². The number of carbonyl (C=O) groups excluding carboxylic acids is 2. The van der Waals surface area contributed by atoms with Gasteiger partial charge in [0.05, 0.1) is 19.3 Å². The highest BCUT2D eigenvalue weighted by atomic mass is 16.5. The van der Waals surface area contributed by atoms with E-state index in [1.54, 1.807) is 25.1 Å². The highest BCUT2D eigenvalue weighted by molar-refractivity contribution is 5.94. The Labute approximate surface area is 117 Å². The lowest BCUT2D eigenvalue weighted by molar-refractivity contribution is -0.138. The first-order chi connectivity index (χ1) is 9.49. The summed E-state index contributed by atoms with van der Waals surface area (Å²) in [6.45, 7) is 3.23. The molecule has 0 aliphatic heterocycles. The van der Waals surface area contributed by atoms with Gasteiger partial charge in [0.2, 0.25) is 0 Å². The maximum atomic E-state index is 11.7. The van der Waals surface area contributed by atoms with Gasteiger partial charge in [-0.15, -0.1) is 0 Å². The fourth-order valence-corrected chi connectivity index (χ4v) is 1.48. The van der Waals surface area contributed by atoms with E-state index in [9.17, 15) is 14.7 Å². The molecule has 0 amide bonds. The number of hydrogen-bond acceptors (Lipinski definition) is 6. The summed E-state index contributed by atoms with van der Waals surface area (Å²) in [7, 11) is 1.28. The lowest BCUT2D eigenvalue weighted by Gasteiger charge is -2.11. The van der Waals surface area contributed by atoms with Gasteiger partial charge in [-0.2, -0.15) is 0 Å². The molecule has 0 fully saturated rings. The third kappa shape index (κ3) is 4.01. The number of ether oxygens (including phenoxy) is 2. The van der Waals surface area contributed by atoms with Crippen LogP contribution in [0.4, 0.5) is 5.69 Å². The number of methoxy groups -OCH3 is 1. The minimum atomic E-state index is -0.670. The Balaban J connectivity index is 2.99. The molecule has 6 nitrogen and oxygen atoms in total. The third-order valence-electron chi connectivity index (χ3n) is 2.39. The first kappa shape index (κ1) is 15.6. The van der Waals surface area contributed by atoms with E-state index in [1.165, 1.54) is 20.1 Å². The molecule has 0 saturated carbocycles. The van der Waals surface area contributed by atoms with Crippen LogP contribution in [0, 0.1) is 0 Å². The van der Waals surface area contributed by atoms with Crippen LogP contribution in [0.3, 0.4) is 0 Å². The fraction of sp³-hybridized carbons (Fsp3) is 0.286. The summed E-state index contributed by atoms with van der Waals surface area (Å²) in [5, 5.41) is 12.2. The number of esters is 2. The molecule has 0 aliphatic carbocycles. The summed E-state index contributed by atoms with van der Waals surface area (Å²) in [5.41, 5.74) is 0.717. The fourth-order valence-electron chi connectivity index (χ4n) is 1.48. The molecule has 1 rings (SSSR count). The van der Waals surface area contributed by atoms with Crippen molar-refractivity contribution in [3.63, 3.8) is 0 Å². The van der Waals surface area contributed by atoms with Crippen LogP contribution < -0.4 is 5.32 Å². The molecular formula is C14H17NO5. The summed E-state index contributed by atoms with van der Waals surface area (Å²) in [4.78, 5) is 23.1. The molecule has 0 aromatic heterocycles. The van der Waals surface area contributed by atoms with E-state index in [2.05, 4.69) is 10.1 Å². The van der Waals surface area contributed by atoms with Gasteiger partial charge >= 0.3 is 11.9 Å². The standard InChI is InChI=1S/C14H17NO5/c1-4-20-14(18)12(9(2)16)15-11-7-5-6-10(8-11)13(17)19-3/h5-8,15-16H,4H2,1-3H3/b12-9-. The van der Waals surface area contributed by atoms with Crippen molar-refractivity contribution in [3.05, 3.63) is 41.3 Å². The number of carbonyl (C=O) groups is 2. The zero-order chi connectivity index (χ0) is 15.1. The number of rotatable bonds is 5. The summed E-state index contributed by atoms with van der Waals surface area (Å²) in [6.07, 6.45) is 0. The van der Waals surface area contributed by atoms with Crippen molar-refractivity contribution in [2.45, 2.75) is 13.8 Å². The molecule has 0 bridgehead atoms. The second-order valence-electron chi connectivity index (χ2n) is 3.88. The Hall–Kier alpha value is -2.50. The van der Waals surface area contributed by atoms with Gasteiger partial charge in [0.25, 0.3) is 0 Å². The molecule has 0 aliphatic rings. The number of hydrogen-bond donors (Lipinski definition) is 2. The van der Waals surface area contributed by atoms with Crippen LogP contribution in [0.1, 0.15) is 24.2 Å². The van der Waals surface area contributed by atoms with E-state index in [-0.39, 0.29) is 18.1 Å². The van der Waals surface area contributed by atoms with Crippen molar-refractivity contribution in [2.75, 3.05) is 19.0 Å². The quantitative estimate of drug-likeness (QED) is 0.488. The molecule has 0 spiro atoms. The third-order valence-corrected chi connectivity index (χ3v) is 2.39. The molecule has 0 unspecified atom stereocenters. The molecule has 1 aromatic carbocycles. The van der Waals surface area contributed by atoms with Crippen molar-refractivity contribution >= 4 is 17.6 Å². The number of allylic oxidation sites excluding steroid dienone is 1. The predicted molar refractivity (Wildman–Crippen MR) is 73.4 cm³/mol. The van der Waals surface area contributed by atoms with Crippen LogP contribution in [-0.4, -0.2) is 30.8 Å². The average molecular weight is 279 g/mol. The molecule has 20 heavy (non-hydrogen) atoms. The molecule has 2 N–H and O–H groups in total. The van der Waals surface area contributed by atoms with Gasteiger partial charge in [-0.25, -0.2) is 9.59 Å². The van der Waals surface area contributed by atoms with Crippen molar-refractivity contribution in [1.82, 2.24) is 0 Å². The Morgan fingerprint density at radius 1 is 1.35 bits per heavy atom. The first-order valence-corrected chi connectivity index (χ1v) is 6.02. The van der Waals surface area contributed by atoms with E-state index in [1.807, 2.05) is 0 Å².